The molecule has 0 unspecified atom stereocenters. The molecule has 0 atom stereocenters. The zero-order valence-corrected chi connectivity index (χ0v) is 14.3. The number of rotatable bonds is 7. The Bertz CT molecular complexity index is 745. The van der Waals surface area contributed by atoms with Crippen LogP contribution in [0.25, 0.3) is 10.3 Å². The second-order valence-corrected chi connectivity index (χ2v) is 6.22. The van der Waals surface area contributed by atoms with Gasteiger partial charge in [-0.1, -0.05) is 23.5 Å². The van der Waals surface area contributed by atoms with Crippen molar-refractivity contribution in [2.24, 2.45) is 7.05 Å². The molecular formula is C16H20N4O2S. The Hall–Kier alpha value is -2.12. The van der Waals surface area contributed by atoms with Gasteiger partial charge in [-0.25, -0.2) is 9.67 Å². The smallest absolute Gasteiger partial charge is 0.185 e. The van der Waals surface area contributed by atoms with Gasteiger partial charge in [0.15, 0.2) is 10.8 Å². The van der Waals surface area contributed by atoms with Crippen LogP contribution >= 0.6 is 11.3 Å². The van der Waals surface area contributed by atoms with Gasteiger partial charge in [0.05, 0.1) is 17.0 Å². The molecule has 0 aliphatic carbocycles. The lowest BCUT2D eigenvalue weighted by Crippen LogP contribution is -2.04. The summed E-state index contributed by atoms with van der Waals surface area (Å²) in [6, 6.07) is 8.04. The SMILES string of the molecule is COCCOc1ccc(CNc2nc3c(s2)c(C)nn3C)cc1. The zero-order valence-electron chi connectivity index (χ0n) is 13.5. The standard InChI is InChI=1S/C16H20N4O2S/c1-11-14-15(20(2)19-11)18-16(23-14)17-10-12-4-6-13(7-5-12)22-9-8-21-3/h4-7H,8-10H2,1-3H3,(H,17,18). The molecule has 0 fully saturated rings. The first-order chi connectivity index (χ1) is 11.2. The lowest BCUT2D eigenvalue weighted by Gasteiger charge is -2.07. The van der Waals surface area contributed by atoms with Gasteiger partial charge < -0.3 is 14.8 Å². The number of aryl methyl sites for hydroxylation is 2. The Morgan fingerprint density at radius 1 is 1.22 bits per heavy atom. The summed E-state index contributed by atoms with van der Waals surface area (Å²) in [5.74, 6) is 0.854. The summed E-state index contributed by atoms with van der Waals surface area (Å²) in [4.78, 5) is 4.58. The number of benzene rings is 1. The average molecular weight is 332 g/mol. The molecule has 1 N–H and O–H groups in total. The summed E-state index contributed by atoms with van der Waals surface area (Å²) >= 11 is 1.64. The fraction of sp³-hybridized carbons (Fsp3) is 0.375. The first kappa shape index (κ1) is 15.8. The third-order valence-electron chi connectivity index (χ3n) is 3.47. The van der Waals surface area contributed by atoms with Crippen LogP contribution in [0.1, 0.15) is 11.3 Å². The minimum absolute atomic E-state index is 0.563. The summed E-state index contributed by atoms with van der Waals surface area (Å²) in [5, 5.41) is 8.65. The minimum Gasteiger partial charge on any atom is -0.491 e. The van der Waals surface area contributed by atoms with E-state index >= 15 is 0 Å². The third-order valence-corrected chi connectivity index (χ3v) is 4.58. The van der Waals surface area contributed by atoms with Crippen molar-refractivity contribution in [3.05, 3.63) is 35.5 Å². The third kappa shape index (κ3) is 3.62. The van der Waals surface area contributed by atoms with Crippen molar-refractivity contribution in [3.63, 3.8) is 0 Å². The van der Waals surface area contributed by atoms with Gasteiger partial charge in [0, 0.05) is 20.7 Å². The molecule has 0 bridgehead atoms. The maximum Gasteiger partial charge on any atom is 0.185 e. The monoisotopic (exact) mass is 332 g/mol. The Balaban J connectivity index is 1.59. The van der Waals surface area contributed by atoms with Crippen LogP contribution in [0.15, 0.2) is 24.3 Å². The average Bonchev–Trinajstić information content (AvgIpc) is 3.08. The Morgan fingerprint density at radius 3 is 2.70 bits per heavy atom. The van der Waals surface area contributed by atoms with Crippen LogP contribution in [0.3, 0.4) is 0 Å². The van der Waals surface area contributed by atoms with Crippen LogP contribution in [0.5, 0.6) is 5.75 Å². The number of hydrogen-bond donors (Lipinski definition) is 1. The van der Waals surface area contributed by atoms with E-state index in [4.69, 9.17) is 9.47 Å². The van der Waals surface area contributed by atoms with E-state index in [1.165, 1.54) is 5.56 Å². The number of nitrogens with one attached hydrogen (secondary N) is 1. The second-order valence-electron chi connectivity index (χ2n) is 5.22. The summed E-state index contributed by atoms with van der Waals surface area (Å²) in [6.45, 7) is 3.89. The van der Waals surface area contributed by atoms with E-state index in [0.29, 0.717) is 13.2 Å². The number of methoxy groups -OCH3 is 1. The van der Waals surface area contributed by atoms with E-state index in [2.05, 4.69) is 27.5 Å². The number of ether oxygens (including phenoxy) is 2. The van der Waals surface area contributed by atoms with Gasteiger partial charge in [-0.2, -0.15) is 5.10 Å². The number of anilines is 1. The molecule has 7 heteroatoms. The van der Waals surface area contributed by atoms with Gasteiger partial charge in [-0.05, 0) is 24.6 Å². The van der Waals surface area contributed by atoms with Gasteiger partial charge in [-0.3, -0.25) is 0 Å². The van der Waals surface area contributed by atoms with Crippen LogP contribution in [-0.4, -0.2) is 35.1 Å². The summed E-state index contributed by atoms with van der Waals surface area (Å²) in [6.07, 6.45) is 0. The van der Waals surface area contributed by atoms with Gasteiger partial charge in [-0.15, -0.1) is 0 Å². The highest BCUT2D eigenvalue weighted by atomic mass is 32.1. The number of nitrogens with zero attached hydrogens (tertiary/aromatic N) is 3. The van der Waals surface area contributed by atoms with Crippen molar-refractivity contribution in [2.45, 2.75) is 13.5 Å². The topological polar surface area (TPSA) is 61.2 Å². The molecule has 0 aliphatic rings. The minimum atomic E-state index is 0.563. The van der Waals surface area contributed by atoms with E-state index in [9.17, 15) is 0 Å². The number of aromatic nitrogens is 3. The highest BCUT2D eigenvalue weighted by Crippen LogP contribution is 2.28. The van der Waals surface area contributed by atoms with Crippen LogP contribution in [-0.2, 0) is 18.3 Å². The molecular weight excluding hydrogens is 312 g/mol. The maximum absolute atomic E-state index is 5.55. The summed E-state index contributed by atoms with van der Waals surface area (Å²) in [7, 11) is 3.58. The molecule has 122 valence electrons. The molecule has 0 amide bonds. The van der Waals surface area contributed by atoms with Crippen LogP contribution in [0, 0.1) is 6.92 Å². The van der Waals surface area contributed by atoms with Crippen molar-refractivity contribution in [3.8, 4) is 5.75 Å². The van der Waals surface area contributed by atoms with Crippen molar-refractivity contribution >= 4 is 26.8 Å². The highest BCUT2D eigenvalue weighted by molar-refractivity contribution is 7.22. The Labute approximate surface area is 139 Å². The highest BCUT2D eigenvalue weighted by Gasteiger charge is 2.11. The molecule has 0 saturated heterocycles. The van der Waals surface area contributed by atoms with E-state index in [1.807, 2.05) is 30.8 Å². The molecule has 23 heavy (non-hydrogen) atoms. The van der Waals surface area contributed by atoms with E-state index in [-0.39, 0.29) is 0 Å². The maximum atomic E-state index is 5.55. The van der Waals surface area contributed by atoms with Gasteiger partial charge in [0.25, 0.3) is 0 Å². The van der Waals surface area contributed by atoms with Gasteiger partial charge in [0.1, 0.15) is 12.4 Å². The van der Waals surface area contributed by atoms with Gasteiger partial charge in [0.2, 0.25) is 0 Å². The Morgan fingerprint density at radius 2 is 2.00 bits per heavy atom. The lowest BCUT2D eigenvalue weighted by molar-refractivity contribution is 0.146. The molecule has 0 saturated carbocycles. The fourth-order valence-electron chi connectivity index (χ4n) is 2.28. The predicted octanol–water partition coefficient (Wildman–Crippen LogP) is 2.98. The van der Waals surface area contributed by atoms with Crippen LogP contribution in [0.2, 0.25) is 0 Å². The molecule has 0 aliphatic heterocycles. The lowest BCUT2D eigenvalue weighted by atomic mass is 10.2. The zero-order chi connectivity index (χ0) is 16.2. The molecule has 6 nitrogen and oxygen atoms in total. The molecule has 2 aromatic heterocycles. The van der Waals surface area contributed by atoms with E-state index < -0.39 is 0 Å². The molecule has 0 radical (unpaired) electrons. The van der Waals surface area contributed by atoms with Crippen molar-refractivity contribution in [1.29, 1.82) is 0 Å². The number of hydrogen-bond acceptors (Lipinski definition) is 6. The van der Waals surface area contributed by atoms with E-state index in [1.54, 1.807) is 18.4 Å². The normalized spacial score (nSPS) is 11.1. The quantitative estimate of drug-likeness (QED) is 0.674. The first-order valence-electron chi connectivity index (χ1n) is 7.42. The summed E-state index contributed by atoms with van der Waals surface area (Å²) < 4.78 is 13.5. The molecule has 3 aromatic rings. The van der Waals surface area contributed by atoms with Crippen LogP contribution in [0.4, 0.5) is 5.13 Å². The predicted molar refractivity (Wildman–Crippen MR) is 92.3 cm³/mol. The molecule has 1 aromatic carbocycles. The largest absolute Gasteiger partial charge is 0.491 e. The number of thiazole rings is 1. The number of fused-ring (bicyclic) bond motifs is 1. The first-order valence-corrected chi connectivity index (χ1v) is 8.23. The van der Waals surface area contributed by atoms with Gasteiger partial charge >= 0.3 is 0 Å². The van der Waals surface area contributed by atoms with Crippen molar-refractivity contribution in [1.82, 2.24) is 14.8 Å². The van der Waals surface area contributed by atoms with Crippen molar-refractivity contribution < 1.29 is 9.47 Å². The van der Waals surface area contributed by atoms with Crippen LogP contribution < -0.4 is 10.1 Å². The second kappa shape index (κ2) is 6.97. The summed E-state index contributed by atoms with van der Waals surface area (Å²) in [5.41, 5.74) is 3.13. The molecule has 0 spiro atoms. The fourth-order valence-corrected chi connectivity index (χ4v) is 3.21. The Kier molecular flexibility index (Phi) is 4.78. The van der Waals surface area contributed by atoms with Crippen molar-refractivity contribution in [2.75, 3.05) is 25.6 Å². The molecule has 2 heterocycles. The molecule has 3 rings (SSSR count). The van der Waals surface area contributed by atoms with E-state index in [0.717, 1.165) is 33.5 Å².